The summed E-state index contributed by atoms with van der Waals surface area (Å²) in [6.07, 6.45) is 1.58. The van der Waals surface area contributed by atoms with Crippen molar-refractivity contribution in [2.45, 2.75) is 38.2 Å². The minimum Gasteiger partial charge on any atom is -0.449 e. The van der Waals surface area contributed by atoms with Crippen LogP contribution in [0.15, 0.2) is 54.6 Å². The third-order valence-electron chi connectivity index (χ3n) is 5.66. The first-order valence-corrected chi connectivity index (χ1v) is 11.2. The van der Waals surface area contributed by atoms with Gasteiger partial charge in [0.05, 0.1) is 11.1 Å². The maximum absolute atomic E-state index is 12.7. The van der Waals surface area contributed by atoms with Crippen LogP contribution in [-0.4, -0.2) is 18.0 Å². The number of anilines is 2. The van der Waals surface area contributed by atoms with Crippen LogP contribution < -0.4 is 11.1 Å². The fraction of sp³-hybridized carbons (Fsp3) is 0.240. The molecule has 1 heterocycles. The van der Waals surface area contributed by atoms with Gasteiger partial charge >= 0.3 is 5.97 Å². The highest BCUT2D eigenvalue weighted by Gasteiger charge is 2.28. The summed E-state index contributed by atoms with van der Waals surface area (Å²) in [4.78, 5) is 26.1. The van der Waals surface area contributed by atoms with Crippen molar-refractivity contribution < 1.29 is 14.3 Å². The molecule has 7 heteroatoms. The Hall–Kier alpha value is -3.63. The lowest BCUT2D eigenvalue weighted by Gasteiger charge is -2.22. The molecule has 2 atom stereocenters. The van der Waals surface area contributed by atoms with Crippen molar-refractivity contribution >= 4 is 33.9 Å². The predicted octanol–water partition coefficient (Wildman–Crippen LogP) is 4.66. The number of fused-ring (bicyclic) bond motifs is 1. The van der Waals surface area contributed by atoms with Gasteiger partial charge in [0.2, 0.25) is 0 Å². The first-order valence-electron chi connectivity index (χ1n) is 10.4. The molecule has 1 amide bonds. The number of hydrogen-bond acceptors (Lipinski definition) is 6. The predicted molar refractivity (Wildman–Crippen MR) is 125 cm³/mol. The average molecular weight is 446 g/mol. The summed E-state index contributed by atoms with van der Waals surface area (Å²) in [5, 5.41) is 13.0. The van der Waals surface area contributed by atoms with Gasteiger partial charge in [-0.15, -0.1) is 11.3 Å². The highest BCUT2D eigenvalue weighted by molar-refractivity contribution is 7.16. The molecule has 1 aliphatic rings. The number of benzene rings is 2. The van der Waals surface area contributed by atoms with Crippen molar-refractivity contribution in [3.05, 3.63) is 81.7 Å². The van der Waals surface area contributed by atoms with Gasteiger partial charge < -0.3 is 15.8 Å². The normalized spacial score (nSPS) is 15.8. The number of esters is 1. The van der Waals surface area contributed by atoms with Crippen LogP contribution in [0.4, 0.5) is 10.7 Å². The molecule has 1 aliphatic carbocycles. The zero-order valence-corrected chi connectivity index (χ0v) is 18.4. The second kappa shape index (κ2) is 9.25. The zero-order valence-electron chi connectivity index (χ0n) is 17.6. The molecular weight excluding hydrogens is 422 g/mol. The summed E-state index contributed by atoms with van der Waals surface area (Å²) >= 11 is 1.44. The van der Waals surface area contributed by atoms with Crippen molar-refractivity contribution in [1.82, 2.24) is 0 Å². The average Bonchev–Trinajstić information content (AvgIpc) is 3.15. The van der Waals surface area contributed by atoms with Gasteiger partial charge in [0.15, 0.2) is 6.10 Å². The molecule has 2 unspecified atom stereocenters. The number of ether oxygens (including phenoxy) is 1. The maximum atomic E-state index is 12.7. The highest BCUT2D eigenvalue weighted by atomic mass is 32.1. The van der Waals surface area contributed by atoms with Crippen LogP contribution in [0.2, 0.25) is 0 Å². The lowest BCUT2D eigenvalue weighted by molar-refractivity contribution is -0.123. The number of amides is 1. The summed E-state index contributed by atoms with van der Waals surface area (Å²) in [6.45, 7) is 1.50. The fourth-order valence-electron chi connectivity index (χ4n) is 3.96. The van der Waals surface area contributed by atoms with Crippen molar-refractivity contribution in [1.29, 1.82) is 5.26 Å². The number of nitrogens with one attached hydrogen (secondary N) is 1. The maximum Gasteiger partial charge on any atom is 0.338 e. The molecule has 0 saturated heterocycles. The van der Waals surface area contributed by atoms with E-state index in [0.717, 1.165) is 29.7 Å². The molecule has 0 bridgehead atoms. The monoisotopic (exact) mass is 445 g/mol. The summed E-state index contributed by atoms with van der Waals surface area (Å²) in [7, 11) is 0. The molecule has 0 aliphatic heterocycles. The third kappa shape index (κ3) is 4.51. The minimum atomic E-state index is -1.02. The molecule has 0 radical (unpaired) electrons. The first kappa shape index (κ1) is 21.6. The minimum absolute atomic E-state index is 0.279. The van der Waals surface area contributed by atoms with E-state index in [1.165, 1.54) is 29.9 Å². The largest absolute Gasteiger partial charge is 0.449 e. The molecule has 32 heavy (non-hydrogen) atoms. The Balaban J connectivity index is 1.46. The van der Waals surface area contributed by atoms with Crippen LogP contribution >= 0.6 is 11.3 Å². The SMILES string of the molecule is CC(OC(=O)c1cccc(N)c1)C(=O)Nc1sc2c(c1C#N)CCC(c1ccccc1)C2. The summed E-state index contributed by atoms with van der Waals surface area (Å²) in [6, 6.07) is 19.0. The van der Waals surface area contributed by atoms with Gasteiger partial charge in [0, 0.05) is 10.6 Å². The highest BCUT2D eigenvalue weighted by Crippen LogP contribution is 2.42. The number of nitrogens with two attached hydrogens (primary N) is 1. The van der Waals surface area contributed by atoms with Crippen LogP contribution in [0.3, 0.4) is 0 Å². The number of carbonyl (C=O) groups excluding carboxylic acids is 2. The molecule has 3 N–H and O–H groups in total. The first-order chi connectivity index (χ1) is 15.5. The number of rotatable bonds is 5. The third-order valence-corrected chi connectivity index (χ3v) is 6.83. The number of nitrogen functional groups attached to an aromatic ring is 1. The van der Waals surface area contributed by atoms with E-state index in [4.69, 9.17) is 10.5 Å². The Morgan fingerprint density at radius 1 is 1.22 bits per heavy atom. The van der Waals surface area contributed by atoms with Crippen LogP contribution in [0.25, 0.3) is 0 Å². The summed E-state index contributed by atoms with van der Waals surface area (Å²) in [5.41, 5.74) is 9.24. The van der Waals surface area contributed by atoms with E-state index < -0.39 is 18.0 Å². The zero-order chi connectivity index (χ0) is 22.7. The molecular formula is C25H23N3O3S. The smallest absolute Gasteiger partial charge is 0.338 e. The topological polar surface area (TPSA) is 105 Å². The molecule has 2 aromatic carbocycles. The van der Waals surface area contributed by atoms with E-state index in [1.807, 2.05) is 18.2 Å². The summed E-state index contributed by atoms with van der Waals surface area (Å²) < 4.78 is 5.29. The number of nitrogens with zero attached hydrogens (tertiary/aromatic N) is 1. The molecule has 3 aromatic rings. The molecule has 6 nitrogen and oxygen atoms in total. The van der Waals surface area contributed by atoms with Gasteiger partial charge in [0.25, 0.3) is 5.91 Å². The van der Waals surface area contributed by atoms with E-state index >= 15 is 0 Å². The van der Waals surface area contributed by atoms with Gasteiger partial charge in [-0.1, -0.05) is 36.4 Å². The number of nitriles is 1. The van der Waals surface area contributed by atoms with Crippen molar-refractivity contribution in [3.8, 4) is 6.07 Å². The molecule has 0 spiro atoms. The Kier molecular flexibility index (Phi) is 6.24. The number of hydrogen-bond donors (Lipinski definition) is 2. The van der Waals surface area contributed by atoms with E-state index in [9.17, 15) is 14.9 Å². The van der Waals surface area contributed by atoms with Crippen LogP contribution in [0.1, 0.15) is 51.2 Å². The van der Waals surface area contributed by atoms with Gasteiger partial charge in [-0.3, -0.25) is 4.79 Å². The Morgan fingerprint density at radius 3 is 2.72 bits per heavy atom. The van der Waals surface area contributed by atoms with Crippen molar-refractivity contribution in [2.75, 3.05) is 11.1 Å². The molecule has 1 aromatic heterocycles. The lowest BCUT2D eigenvalue weighted by atomic mass is 9.83. The van der Waals surface area contributed by atoms with Gasteiger partial charge in [-0.25, -0.2) is 4.79 Å². The van der Waals surface area contributed by atoms with E-state index in [1.54, 1.807) is 18.2 Å². The van der Waals surface area contributed by atoms with Gasteiger partial charge in [-0.2, -0.15) is 5.26 Å². The number of thiophene rings is 1. The summed E-state index contributed by atoms with van der Waals surface area (Å²) in [5.74, 6) is -0.704. The molecule has 162 valence electrons. The lowest BCUT2D eigenvalue weighted by Crippen LogP contribution is -2.30. The quantitative estimate of drug-likeness (QED) is 0.439. The standard InChI is InChI=1S/C25H23N3O3S/c1-15(31-25(30)18-8-5-9-19(27)12-18)23(29)28-24-21(14-26)20-11-10-17(13-22(20)32-24)16-6-3-2-4-7-16/h2-9,12,15,17H,10-11,13,27H2,1H3,(H,28,29). The van der Waals surface area contributed by atoms with Gasteiger partial charge in [0.1, 0.15) is 11.1 Å². The van der Waals surface area contributed by atoms with E-state index in [0.29, 0.717) is 22.2 Å². The molecule has 0 fully saturated rings. The Morgan fingerprint density at radius 2 is 2.00 bits per heavy atom. The van der Waals surface area contributed by atoms with Crippen molar-refractivity contribution in [3.63, 3.8) is 0 Å². The number of carbonyl (C=O) groups is 2. The molecule has 4 rings (SSSR count). The Bertz CT molecular complexity index is 1200. The molecule has 0 saturated carbocycles. The van der Waals surface area contributed by atoms with Crippen molar-refractivity contribution in [2.24, 2.45) is 0 Å². The van der Waals surface area contributed by atoms with E-state index in [-0.39, 0.29) is 5.56 Å². The second-order valence-electron chi connectivity index (χ2n) is 7.83. The van der Waals surface area contributed by atoms with E-state index in [2.05, 4.69) is 23.5 Å². The van der Waals surface area contributed by atoms with Crippen LogP contribution in [0.5, 0.6) is 0 Å². The Labute approximate surface area is 190 Å². The van der Waals surface area contributed by atoms with Crippen LogP contribution in [0, 0.1) is 11.3 Å². The van der Waals surface area contributed by atoms with Gasteiger partial charge in [-0.05, 0) is 61.4 Å². The second-order valence-corrected chi connectivity index (χ2v) is 8.94. The fourth-order valence-corrected chi connectivity index (χ4v) is 5.24. The van der Waals surface area contributed by atoms with Crippen LogP contribution in [-0.2, 0) is 22.4 Å².